The fourth-order valence-electron chi connectivity index (χ4n) is 10.5. The van der Waals surface area contributed by atoms with Gasteiger partial charge < -0.3 is 38.8 Å². The lowest BCUT2D eigenvalue weighted by Gasteiger charge is -2.54. The predicted octanol–water partition coefficient (Wildman–Crippen LogP) is 5.86. The largest absolute Gasteiger partial charge is 0.464 e. The van der Waals surface area contributed by atoms with E-state index in [1.807, 2.05) is 19.9 Å². The van der Waals surface area contributed by atoms with Crippen LogP contribution in [0.25, 0.3) is 33.4 Å². The molecule has 4 aliphatic heterocycles. The van der Waals surface area contributed by atoms with Crippen molar-refractivity contribution < 1.29 is 51.4 Å². The zero-order valence-electron chi connectivity index (χ0n) is 41.9. The summed E-state index contributed by atoms with van der Waals surface area (Å²) in [6, 6.07) is 10.2. The van der Waals surface area contributed by atoms with Crippen LogP contribution in [0, 0.1) is 11.3 Å². The Kier molecular flexibility index (Phi) is 14.9. The molecular formula is C52H64F3N9O8. The van der Waals surface area contributed by atoms with Crippen molar-refractivity contribution in [2.24, 2.45) is 11.3 Å². The second kappa shape index (κ2) is 20.6. The number of hydrazine groups is 1. The number of ether oxygens (including phenoxy) is 3. The van der Waals surface area contributed by atoms with E-state index < -0.39 is 77.7 Å². The molecule has 72 heavy (non-hydrogen) atoms. The maximum Gasteiger partial charge on any atom is 0.406 e. The normalized spacial score (nSPS) is 21.1. The molecule has 1 aromatic carbocycles. The monoisotopic (exact) mass is 999 g/mol. The van der Waals surface area contributed by atoms with Crippen LogP contribution in [0.5, 0.6) is 0 Å². The van der Waals surface area contributed by atoms with Gasteiger partial charge in [0.2, 0.25) is 11.8 Å². The number of urea groups is 1. The minimum absolute atomic E-state index is 0.102. The molecule has 2 N–H and O–H groups in total. The number of rotatable bonds is 9. The number of fused-ring (bicyclic) bond motifs is 6. The van der Waals surface area contributed by atoms with Crippen LogP contribution in [0.3, 0.4) is 0 Å². The molecule has 8 rings (SSSR count). The molecule has 20 heteroatoms. The van der Waals surface area contributed by atoms with Crippen molar-refractivity contribution >= 4 is 40.6 Å². The van der Waals surface area contributed by atoms with Gasteiger partial charge in [-0.15, -0.1) is 0 Å². The highest BCUT2D eigenvalue weighted by Crippen LogP contribution is 2.43. The topological polar surface area (TPSA) is 181 Å². The number of methoxy groups -OCH3 is 1. The molecule has 4 aliphatic rings. The number of hydrogen-bond donors (Lipinski definition) is 2. The van der Waals surface area contributed by atoms with Crippen molar-refractivity contribution in [1.82, 2.24) is 45.0 Å². The number of carbonyl (C=O) groups is 5. The van der Waals surface area contributed by atoms with Gasteiger partial charge >= 0.3 is 18.2 Å². The molecule has 1 spiro atoms. The number of hydrogen-bond acceptors (Lipinski definition) is 11. The van der Waals surface area contributed by atoms with Gasteiger partial charge in [-0.2, -0.15) is 13.2 Å². The van der Waals surface area contributed by atoms with Crippen molar-refractivity contribution in [3.05, 3.63) is 84.3 Å². The van der Waals surface area contributed by atoms with E-state index in [9.17, 15) is 37.1 Å². The number of likely N-dealkylation sites (tertiary alicyclic amines) is 1. The van der Waals surface area contributed by atoms with Gasteiger partial charge in [-0.1, -0.05) is 46.4 Å². The van der Waals surface area contributed by atoms with Crippen LogP contribution in [0.15, 0.2) is 67.4 Å². The van der Waals surface area contributed by atoms with Crippen LogP contribution in [-0.4, -0.2) is 154 Å². The predicted molar refractivity (Wildman–Crippen MR) is 261 cm³/mol. The fourth-order valence-corrected chi connectivity index (χ4v) is 10.5. The molecule has 3 fully saturated rings. The molecule has 7 heterocycles. The maximum atomic E-state index is 14.7. The molecule has 5 amide bonds. The number of alkyl halides is 3. The third-order valence-corrected chi connectivity index (χ3v) is 14.0. The number of esters is 1. The van der Waals surface area contributed by atoms with Crippen molar-refractivity contribution in [3.8, 4) is 22.5 Å². The van der Waals surface area contributed by atoms with Gasteiger partial charge in [0.25, 0.3) is 5.91 Å². The van der Waals surface area contributed by atoms with Crippen molar-refractivity contribution in [2.45, 2.75) is 103 Å². The van der Waals surface area contributed by atoms with Crippen LogP contribution < -0.4 is 10.7 Å². The van der Waals surface area contributed by atoms with Gasteiger partial charge in [-0.3, -0.25) is 34.2 Å². The van der Waals surface area contributed by atoms with E-state index in [4.69, 9.17) is 19.2 Å². The third kappa shape index (κ3) is 10.9. The molecule has 3 aromatic heterocycles. The smallest absolute Gasteiger partial charge is 0.406 e. The molecule has 386 valence electrons. The molecule has 3 saturated heterocycles. The van der Waals surface area contributed by atoms with Crippen molar-refractivity contribution in [1.29, 1.82) is 0 Å². The molecule has 0 saturated carbocycles. The number of likely N-dealkylation sites (N-methyl/N-ethyl adjacent to an activating group) is 1. The van der Waals surface area contributed by atoms with Gasteiger partial charge in [0.1, 0.15) is 30.3 Å². The van der Waals surface area contributed by atoms with E-state index in [0.717, 1.165) is 0 Å². The van der Waals surface area contributed by atoms with Crippen LogP contribution in [-0.2, 0) is 52.8 Å². The SMILES string of the molecule is C=CC(=O)N1CCOC2(C1)CN(C(=O)N(C)[C@H](C(=O)N[C@H]1Cc3cccc(n3)-c3ccc4c(c3)c(c(-c3cccnc3[C@H](C)OC)n4CC(F)(F)F)CC(C)(C)COC(=O)[C@@H]3CCCN(N3)C1=O)C(C)C)C2. The van der Waals surface area contributed by atoms with E-state index in [1.54, 1.807) is 79.2 Å². The number of aromatic nitrogens is 3. The molecule has 6 bridgehead atoms. The summed E-state index contributed by atoms with van der Waals surface area (Å²) in [5.41, 5.74) is 5.12. The van der Waals surface area contributed by atoms with E-state index in [2.05, 4.69) is 22.3 Å². The maximum absolute atomic E-state index is 14.7. The average Bonchev–Trinajstić information content (AvgIpc) is 3.62. The number of nitrogens with zero attached hydrogens (tertiary/aromatic N) is 7. The highest BCUT2D eigenvalue weighted by atomic mass is 19.4. The number of halogens is 3. The first kappa shape index (κ1) is 52.0. The number of benzene rings is 1. The molecular weight excluding hydrogens is 936 g/mol. The van der Waals surface area contributed by atoms with Crippen LogP contribution >= 0.6 is 0 Å². The fraction of sp³-hybridized carbons (Fsp3) is 0.519. The number of nitrogens with one attached hydrogen (secondary N) is 2. The average molecular weight is 1000 g/mol. The Bertz CT molecular complexity index is 2740. The summed E-state index contributed by atoms with van der Waals surface area (Å²) in [6.07, 6.45) is -1.49. The lowest BCUT2D eigenvalue weighted by atomic mass is 9.84. The molecule has 4 atom stereocenters. The molecule has 4 aromatic rings. The Morgan fingerprint density at radius 3 is 2.51 bits per heavy atom. The van der Waals surface area contributed by atoms with Gasteiger partial charge in [0.05, 0.1) is 56.0 Å². The summed E-state index contributed by atoms with van der Waals surface area (Å²) < 4.78 is 63.1. The first-order valence-electron chi connectivity index (χ1n) is 24.4. The zero-order chi connectivity index (χ0) is 51.9. The molecule has 17 nitrogen and oxygen atoms in total. The number of pyridine rings is 2. The summed E-state index contributed by atoms with van der Waals surface area (Å²) in [6.45, 7) is 13.0. The number of morpholine rings is 1. The second-order valence-electron chi connectivity index (χ2n) is 20.6. The van der Waals surface area contributed by atoms with Gasteiger partial charge in [0, 0.05) is 73.0 Å². The van der Waals surface area contributed by atoms with Gasteiger partial charge in [0.15, 0.2) is 0 Å². The molecule has 0 unspecified atom stereocenters. The van der Waals surface area contributed by atoms with Crippen molar-refractivity contribution in [2.75, 3.05) is 60.1 Å². The molecule has 0 aliphatic carbocycles. The summed E-state index contributed by atoms with van der Waals surface area (Å²) in [7, 11) is 3.04. The van der Waals surface area contributed by atoms with E-state index in [1.165, 1.54) is 34.7 Å². The van der Waals surface area contributed by atoms with Crippen LogP contribution in [0.4, 0.5) is 18.0 Å². The van der Waals surface area contributed by atoms with Gasteiger partial charge in [-0.05, 0) is 80.1 Å². The molecule has 0 radical (unpaired) electrons. The number of cyclic esters (lactones) is 1. The first-order chi connectivity index (χ1) is 34.1. The first-order valence-corrected chi connectivity index (χ1v) is 24.4. The second-order valence-corrected chi connectivity index (χ2v) is 20.6. The van der Waals surface area contributed by atoms with Crippen molar-refractivity contribution in [3.63, 3.8) is 0 Å². The minimum atomic E-state index is -4.61. The van der Waals surface area contributed by atoms with E-state index in [-0.39, 0.29) is 45.0 Å². The van der Waals surface area contributed by atoms with E-state index in [0.29, 0.717) is 82.9 Å². The Hall–Kier alpha value is -6.38. The van der Waals surface area contributed by atoms with Crippen LogP contribution in [0.1, 0.15) is 70.5 Å². The lowest BCUT2D eigenvalue weighted by molar-refractivity contribution is -0.178. The highest BCUT2D eigenvalue weighted by Gasteiger charge is 2.51. The van der Waals surface area contributed by atoms with Gasteiger partial charge in [-0.25, -0.2) is 10.2 Å². The summed E-state index contributed by atoms with van der Waals surface area (Å²) in [4.78, 5) is 83.8. The zero-order valence-corrected chi connectivity index (χ0v) is 41.9. The standard InChI is InChI=1S/C52H64F3N9O8/c1-9-42(65)61-21-22-72-51(26-61)27-62(28-51)49(69)60(7)44(31(2)3)46(66)58-40-24-34-13-10-15-38(57-34)33-17-18-41-36(23-33)37(25-50(5,6)30-71-48(68)39-16-12-20-64(59-39)47(40)67)45(63(41)29-52(53,54)55)35-14-11-19-56-43(35)32(4)70-8/h9-11,13-15,17-19,23,31-32,39-40,44,59H,1,12,16,20-22,24-30H2,2-8H3,(H,58,66)/t32-,39-,40-,44-/m0/s1. The summed E-state index contributed by atoms with van der Waals surface area (Å²) in [5, 5.41) is 4.81. The highest BCUT2D eigenvalue weighted by molar-refractivity contribution is 5.96. The Morgan fingerprint density at radius 1 is 1.06 bits per heavy atom. The quantitative estimate of drug-likeness (QED) is 0.152. The summed E-state index contributed by atoms with van der Waals surface area (Å²) in [5.74, 6) is -2.37. The lowest BCUT2D eigenvalue weighted by Crippen LogP contribution is -2.73. The Labute approximate surface area is 417 Å². The third-order valence-electron chi connectivity index (χ3n) is 14.0. The Morgan fingerprint density at radius 2 is 1.81 bits per heavy atom. The van der Waals surface area contributed by atoms with Crippen LogP contribution in [0.2, 0.25) is 0 Å². The summed E-state index contributed by atoms with van der Waals surface area (Å²) >= 11 is 0. The minimum Gasteiger partial charge on any atom is -0.464 e. The Balaban J connectivity index is 1.16. The number of carbonyl (C=O) groups excluding carboxylic acids is 5. The van der Waals surface area contributed by atoms with E-state index >= 15 is 0 Å². The number of amides is 5.